The molecule has 1 unspecified atom stereocenters. The van der Waals surface area contributed by atoms with Crippen LogP contribution in [0.15, 0.2) is 27.6 Å². The molecule has 0 spiro atoms. The molecule has 1 atom stereocenters. The molecule has 1 heterocycles. The molecule has 1 aliphatic heterocycles. The van der Waals surface area contributed by atoms with Crippen LogP contribution in [0.4, 0.5) is 0 Å². The summed E-state index contributed by atoms with van der Waals surface area (Å²) in [5.41, 5.74) is 1.04. The third-order valence-corrected chi connectivity index (χ3v) is 6.43. The lowest BCUT2D eigenvalue weighted by Crippen LogP contribution is -2.52. The minimum Gasteiger partial charge on any atom is -0.303 e. The molecule has 19 heavy (non-hydrogen) atoms. The van der Waals surface area contributed by atoms with Crippen molar-refractivity contribution in [2.45, 2.75) is 24.8 Å². The van der Waals surface area contributed by atoms with Gasteiger partial charge < -0.3 is 4.90 Å². The highest BCUT2D eigenvalue weighted by Crippen LogP contribution is 2.28. The highest BCUT2D eigenvalue weighted by molar-refractivity contribution is 9.10. The lowest BCUT2D eigenvalue weighted by Gasteiger charge is -2.37. The summed E-state index contributed by atoms with van der Waals surface area (Å²) in [6.45, 7) is 5.98. The summed E-state index contributed by atoms with van der Waals surface area (Å²) in [5, 5.41) is 0. The number of sulfonamides is 1. The van der Waals surface area contributed by atoms with Gasteiger partial charge in [0.1, 0.15) is 0 Å². The molecule has 0 amide bonds. The van der Waals surface area contributed by atoms with E-state index in [1.165, 1.54) is 0 Å². The largest absolute Gasteiger partial charge is 0.303 e. The van der Waals surface area contributed by atoms with E-state index in [1.807, 2.05) is 33.0 Å². The number of nitrogens with zero attached hydrogens (tertiary/aromatic N) is 2. The van der Waals surface area contributed by atoms with E-state index in [2.05, 4.69) is 20.8 Å². The average molecular weight is 347 g/mol. The van der Waals surface area contributed by atoms with Crippen molar-refractivity contribution in [1.29, 1.82) is 0 Å². The van der Waals surface area contributed by atoms with E-state index < -0.39 is 10.0 Å². The summed E-state index contributed by atoms with van der Waals surface area (Å²) in [7, 11) is -1.41. The Bertz CT molecular complexity index is 574. The maximum Gasteiger partial charge on any atom is 0.244 e. The molecule has 106 valence electrons. The van der Waals surface area contributed by atoms with E-state index in [0.717, 1.165) is 18.7 Å². The third kappa shape index (κ3) is 3.02. The number of halogens is 1. The van der Waals surface area contributed by atoms with Crippen LogP contribution in [-0.2, 0) is 10.0 Å². The van der Waals surface area contributed by atoms with Gasteiger partial charge >= 0.3 is 0 Å². The summed E-state index contributed by atoms with van der Waals surface area (Å²) in [6, 6.07) is 5.35. The Morgan fingerprint density at radius 2 is 2.00 bits per heavy atom. The Morgan fingerprint density at radius 3 is 2.58 bits per heavy atom. The molecule has 0 N–H and O–H groups in total. The number of piperazine rings is 1. The second-order valence-electron chi connectivity index (χ2n) is 5.16. The molecule has 6 heteroatoms. The lowest BCUT2D eigenvalue weighted by molar-refractivity contribution is 0.170. The van der Waals surface area contributed by atoms with E-state index in [-0.39, 0.29) is 6.04 Å². The topological polar surface area (TPSA) is 40.6 Å². The highest BCUT2D eigenvalue weighted by atomic mass is 79.9. The van der Waals surface area contributed by atoms with Gasteiger partial charge in [0, 0.05) is 30.1 Å². The molecular weight excluding hydrogens is 328 g/mol. The summed E-state index contributed by atoms with van der Waals surface area (Å²) in [6.07, 6.45) is 0. The van der Waals surface area contributed by atoms with Crippen LogP contribution in [0.25, 0.3) is 0 Å². The molecule has 0 saturated carbocycles. The number of rotatable bonds is 2. The Kier molecular flexibility index (Phi) is 4.35. The van der Waals surface area contributed by atoms with Crippen molar-refractivity contribution in [3.05, 3.63) is 28.2 Å². The minimum atomic E-state index is -3.42. The van der Waals surface area contributed by atoms with Crippen LogP contribution in [0.1, 0.15) is 12.5 Å². The monoisotopic (exact) mass is 346 g/mol. The van der Waals surface area contributed by atoms with Crippen molar-refractivity contribution in [1.82, 2.24) is 9.21 Å². The van der Waals surface area contributed by atoms with Crippen molar-refractivity contribution in [2.24, 2.45) is 0 Å². The van der Waals surface area contributed by atoms with Crippen LogP contribution in [0.3, 0.4) is 0 Å². The number of aryl methyl sites for hydroxylation is 1. The summed E-state index contributed by atoms with van der Waals surface area (Å²) in [4.78, 5) is 2.51. The normalized spacial score (nSPS) is 22.6. The van der Waals surface area contributed by atoms with Crippen LogP contribution in [0.2, 0.25) is 0 Å². The van der Waals surface area contributed by atoms with Crippen molar-refractivity contribution >= 4 is 26.0 Å². The predicted molar refractivity (Wildman–Crippen MR) is 79.7 cm³/mol. The zero-order chi connectivity index (χ0) is 14.2. The van der Waals surface area contributed by atoms with Crippen LogP contribution in [0.5, 0.6) is 0 Å². The van der Waals surface area contributed by atoms with E-state index >= 15 is 0 Å². The van der Waals surface area contributed by atoms with Gasteiger partial charge in [0.15, 0.2) is 0 Å². The maximum atomic E-state index is 12.7. The van der Waals surface area contributed by atoms with Gasteiger partial charge in [0.05, 0.1) is 4.90 Å². The zero-order valence-electron chi connectivity index (χ0n) is 11.4. The molecule has 4 nitrogen and oxygen atoms in total. The van der Waals surface area contributed by atoms with E-state index in [1.54, 1.807) is 10.4 Å². The Labute approximate surface area is 123 Å². The lowest BCUT2D eigenvalue weighted by atomic mass is 10.2. The molecule has 0 bridgehead atoms. The smallest absolute Gasteiger partial charge is 0.244 e. The first-order chi connectivity index (χ1) is 8.82. The van der Waals surface area contributed by atoms with Crippen LogP contribution in [0, 0.1) is 6.92 Å². The summed E-state index contributed by atoms with van der Waals surface area (Å²) < 4.78 is 27.7. The first-order valence-electron chi connectivity index (χ1n) is 6.29. The fourth-order valence-corrected chi connectivity index (χ4v) is 5.19. The zero-order valence-corrected chi connectivity index (χ0v) is 13.8. The molecule has 2 rings (SSSR count). The van der Waals surface area contributed by atoms with Crippen LogP contribution >= 0.6 is 15.9 Å². The van der Waals surface area contributed by atoms with Crippen molar-refractivity contribution in [3.63, 3.8) is 0 Å². The SMILES string of the molecule is Cc1ccc(S(=O)(=O)N2CCN(C)CC2C)c(Br)c1. The van der Waals surface area contributed by atoms with Gasteiger partial charge in [-0.25, -0.2) is 8.42 Å². The molecule has 1 fully saturated rings. The average Bonchev–Trinajstić information content (AvgIpc) is 2.27. The molecule has 1 aliphatic rings. The molecule has 1 aromatic carbocycles. The minimum absolute atomic E-state index is 0.00282. The molecule has 1 aromatic rings. The fraction of sp³-hybridized carbons (Fsp3) is 0.538. The molecule has 0 radical (unpaired) electrons. The number of likely N-dealkylation sites (N-methyl/N-ethyl adjacent to an activating group) is 1. The Morgan fingerprint density at radius 1 is 1.32 bits per heavy atom. The van der Waals surface area contributed by atoms with Gasteiger partial charge in [-0.1, -0.05) is 6.07 Å². The van der Waals surface area contributed by atoms with Crippen molar-refractivity contribution in [2.75, 3.05) is 26.7 Å². The Balaban J connectivity index is 2.37. The molecule has 0 aliphatic carbocycles. The first kappa shape index (κ1) is 15.0. The summed E-state index contributed by atoms with van der Waals surface area (Å²) >= 11 is 3.37. The number of benzene rings is 1. The quantitative estimate of drug-likeness (QED) is 0.823. The van der Waals surface area contributed by atoms with E-state index in [4.69, 9.17) is 0 Å². The summed E-state index contributed by atoms with van der Waals surface area (Å²) in [5.74, 6) is 0. The molecule has 1 saturated heterocycles. The standard InChI is InChI=1S/C13H19BrN2O2S/c1-10-4-5-13(12(14)8-10)19(17,18)16-7-6-15(3)9-11(16)2/h4-5,8,11H,6-7,9H2,1-3H3. The van der Waals surface area contributed by atoms with Gasteiger partial charge in [0.2, 0.25) is 10.0 Å². The highest BCUT2D eigenvalue weighted by Gasteiger charge is 2.33. The van der Waals surface area contributed by atoms with Crippen LogP contribution < -0.4 is 0 Å². The predicted octanol–water partition coefficient (Wildman–Crippen LogP) is 2.08. The van der Waals surface area contributed by atoms with Crippen LogP contribution in [-0.4, -0.2) is 50.3 Å². The first-order valence-corrected chi connectivity index (χ1v) is 8.52. The van der Waals surface area contributed by atoms with Gasteiger partial charge in [0.25, 0.3) is 0 Å². The van der Waals surface area contributed by atoms with E-state index in [0.29, 0.717) is 15.9 Å². The number of hydrogen-bond donors (Lipinski definition) is 0. The molecule has 0 aromatic heterocycles. The van der Waals surface area contributed by atoms with Crippen molar-refractivity contribution < 1.29 is 8.42 Å². The Hall–Kier alpha value is -0.430. The fourth-order valence-electron chi connectivity index (χ4n) is 2.42. The van der Waals surface area contributed by atoms with Gasteiger partial charge in [-0.05, 0) is 54.5 Å². The molecular formula is C13H19BrN2O2S. The van der Waals surface area contributed by atoms with Gasteiger partial charge in [-0.2, -0.15) is 4.31 Å². The second-order valence-corrected chi connectivity index (χ2v) is 7.87. The van der Waals surface area contributed by atoms with Gasteiger partial charge in [-0.3, -0.25) is 0 Å². The number of hydrogen-bond acceptors (Lipinski definition) is 3. The van der Waals surface area contributed by atoms with Gasteiger partial charge in [-0.15, -0.1) is 0 Å². The third-order valence-electron chi connectivity index (χ3n) is 3.44. The maximum absolute atomic E-state index is 12.7. The van der Waals surface area contributed by atoms with Crippen molar-refractivity contribution in [3.8, 4) is 0 Å². The van der Waals surface area contributed by atoms with E-state index in [9.17, 15) is 8.42 Å². The second kappa shape index (κ2) is 5.52.